The average molecular weight is 380 g/mol. The lowest BCUT2D eigenvalue weighted by molar-refractivity contribution is -0.893. The maximum absolute atomic E-state index is 12.1. The molecule has 0 aromatic heterocycles. The van der Waals surface area contributed by atoms with Crippen molar-refractivity contribution in [3.05, 3.63) is 60.2 Å². The standard InChI is InChI=1S/C19H23F2N3OS/c1-24(14-15-6-3-2-4-7-15)13-5-12-22-19(26)23-16-8-10-17(11-9-16)25-18(20)21/h2-4,6-11,18H,5,12-14H2,1H3,(H2,22,23,26)/p+1. The van der Waals surface area contributed by atoms with E-state index in [-0.39, 0.29) is 5.75 Å². The Morgan fingerprint density at radius 2 is 1.81 bits per heavy atom. The van der Waals surface area contributed by atoms with Crippen molar-refractivity contribution >= 4 is 23.0 Å². The minimum Gasteiger partial charge on any atom is -0.435 e. The number of rotatable bonds is 9. The zero-order valence-corrected chi connectivity index (χ0v) is 15.5. The van der Waals surface area contributed by atoms with Gasteiger partial charge >= 0.3 is 6.61 Å². The summed E-state index contributed by atoms with van der Waals surface area (Å²) in [6, 6.07) is 16.6. The topological polar surface area (TPSA) is 37.7 Å². The lowest BCUT2D eigenvalue weighted by Crippen LogP contribution is -3.07. The normalized spacial score (nSPS) is 11.8. The molecule has 2 aromatic rings. The summed E-state index contributed by atoms with van der Waals surface area (Å²) >= 11 is 5.24. The third-order valence-corrected chi connectivity index (χ3v) is 4.00. The van der Waals surface area contributed by atoms with E-state index in [0.29, 0.717) is 5.11 Å². The van der Waals surface area contributed by atoms with Crippen LogP contribution in [-0.4, -0.2) is 31.9 Å². The quantitative estimate of drug-likeness (QED) is 0.462. The van der Waals surface area contributed by atoms with Crippen LogP contribution >= 0.6 is 12.2 Å². The highest BCUT2D eigenvalue weighted by Gasteiger charge is 2.05. The van der Waals surface area contributed by atoms with E-state index in [1.54, 1.807) is 12.1 Å². The molecule has 0 saturated carbocycles. The van der Waals surface area contributed by atoms with Gasteiger partial charge in [0.2, 0.25) is 0 Å². The second-order valence-corrected chi connectivity index (χ2v) is 6.42. The Kier molecular flexibility index (Phi) is 8.24. The van der Waals surface area contributed by atoms with Crippen molar-refractivity contribution in [2.45, 2.75) is 19.6 Å². The summed E-state index contributed by atoms with van der Waals surface area (Å²) in [5.74, 6) is 0.119. The second kappa shape index (κ2) is 10.7. The maximum Gasteiger partial charge on any atom is 0.387 e. The van der Waals surface area contributed by atoms with Gasteiger partial charge in [-0.25, -0.2) is 0 Å². The summed E-state index contributed by atoms with van der Waals surface area (Å²) in [5, 5.41) is 6.68. The predicted molar refractivity (Wildman–Crippen MR) is 104 cm³/mol. The molecule has 1 unspecified atom stereocenters. The number of anilines is 1. The van der Waals surface area contributed by atoms with Gasteiger partial charge in [0.05, 0.1) is 13.6 Å². The Hall–Kier alpha value is -2.25. The summed E-state index contributed by atoms with van der Waals surface area (Å²) in [6.45, 7) is -0.0237. The maximum atomic E-state index is 12.1. The molecule has 0 heterocycles. The second-order valence-electron chi connectivity index (χ2n) is 6.01. The fourth-order valence-electron chi connectivity index (χ4n) is 2.52. The fourth-order valence-corrected chi connectivity index (χ4v) is 2.74. The first kappa shape index (κ1) is 20.1. The molecule has 26 heavy (non-hydrogen) atoms. The van der Waals surface area contributed by atoms with Crippen LogP contribution in [0, 0.1) is 0 Å². The van der Waals surface area contributed by atoms with E-state index in [4.69, 9.17) is 12.2 Å². The van der Waals surface area contributed by atoms with Gasteiger partial charge < -0.3 is 20.3 Å². The van der Waals surface area contributed by atoms with E-state index in [0.717, 1.165) is 31.7 Å². The molecule has 140 valence electrons. The van der Waals surface area contributed by atoms with Gasteiger partial charge in [-0.15, -0.1) is 0 Å². The minimum absolute atomic E-state index is 0.119. The van der Waals surface area contributed by atoms with Crippen molar-refractivity contribution in [3.63, 3.8) is 0 Å². The Balaban J connectivity index is 1.62. The Morgan fingerprint density at radius 3 is 2.46 bits per heavy atom. The Labute approximate surface area is 158 Å². The van der Waals surface area contributed by atoms with Crippen molar-refractivity contribution in [3.8, 4) is 5.75 Å². The summed E-state index contributed by atoms with van der Waals surface area (Å²) in [6.07, 6.45) is 0.988. The zero-order valence-electron chi connectivity index (χ0n) is 14.7. The number of halogens is 2. The largest absolute Gasteiger partial charge is 0.435 e. The molecule has 0 fully saturated rings. The number of alkyl halides is 2. The highest BCUT2D eigenvalue weighted by Crippen LogP contribution is 2.17. The van der Waals surface area contributed by atoms with E-state index in [1.165, 1.54) is 22.6 Å². The molecule has 0 saturated heterocycles. The predicted octanol–water partition coefficient (Wildman–Crippen LogP) is 2.68. The molecule has 3 N–H and O–H groups in total. The van der Waals surface area contributed by atoms with E-state index >= 15 is 0 Å². The van der Waals surface area contributed by atoms with Crippen LogP contribution in [0.2, 0.25) is 0 Å². The third kappa shape index (κ3) is 7.76. The number of ether oxygens (including phenoxy) is 1. The molecule has 0 aliphatic rings. The summed E-state index contributed by atoms with van der Waals surface area (Å²) in [4.78, 5) is 1.44. The van der Waals surface area contributed by atoms with Crippen molar-refractivity contribution in [1.82, 2.24) is 5.32 Å². The first-order valence-electron chi connectivity index (χ1n) is 8.48. The van der Waals surface area contributed by atoms with Crippen LogP contribution in [0.5, 0.6) is 5.75 Å². The highest BCUT2D eigenvalue weighted by atomic mass is 32.1. The van der Waals surface area contributed by atoms with Crippen LogP contribution in [0.15, 0.2) is 54.6 Å². The molecule has 7 heteroatoms. The number of hydrogen-bond acceptors (Lipinski definition) is 2. The van der Waals surface area contributed by atoms with E-state index in [9.17, 15) is 8.78 Å². The number of benzene rings is 2. The third-order valence-electron chi connectivity index (χ3n) is 3.75. The van der Waals surface area contributed by atoms with Gasteiger partial charge in [-0.05, 0) is 36.5 Å². The number of hydrogen-bond donors (Lipinski definition) is 3. The summed E-state index contributed by atoms with van der Waals surface area (Å²) in [5.41, 5.74) is 2.05. The van der Waals surface area contributed by atoms with Crippen molar-refractivity contribution in [1.29, 1.82) is 0 Å². The molecular formula is C19H24F2N3OS+. The van der Waals surface area contributed by atoms with Crippen LogP contribution in [-0.2, 0) is 6.54 Å². The highest BCUT2D eigenvalue weighted by molar-refractivity contribution is 7.80. The first-order valence-corrected chi connectivity index (χ1v) is 8.88. The monoisotopic (exact) mass is 380 g/mol. The van der Waals surface area contributed by atoms with E-state index in [1.807, 2.05) is 6.07 Å². The minimum atomic E-state index is -2.82. The van der Waals surface area contributed by atoms with Crippen LogP contribution in [0.1, 0.15) is 12.0 Å². The average Bonchev–Trinajstić information content (AvgIpc) is 2.61. The Bertz CT molecular complexity index is 668. The number of nitrogens with one attached hydrogen (secondary N) is 3. The molecule has 0 aliphatic carbocycles. The molecule has 0 aliphatic heterocycles. The lowest BCUT2D eigenvalue weighted by Gasteiger charge is -2.15. The molecule has 0 radical (unpaired) electrons. The molecule has 2 aromatic carbocycles. The molecule has 1 atom stereocenters. The van der Waals surface area contributed by atoms with Gasteiger partial charge in [0.25, 0.3) is 0 Å². The fraction of sp³-hybridized carbons (Fsp3) is 0.316. The van der Waals surface area contributed by atoms with Gasteiger partial charge in [0.15, 0.2) is 5.11 Å². The Morgan fingerprint density at radius 1 is 1.12 bits per heavy atom. The van der Waals surface area contributed by atoms with Crippen LogP contribution in [0.4, 0.5) is 14.5 Å². The van der Waals surface area contributed by atoms with Gasteiger partial charge in [0, 0.05) is 24.2 Å². The number of quaternary nitrogens is 1. The van der Waals surface area contributed by atoms with Crippen molar-refractivity contribution < 1.29 is 18.4 Å². The molecular weight excluding hydrogens is 356 g/mol. The molecule has 0 bridgehead atoms. The van der Waals surface area contributed by atoms with E-state index in [2.05, 4.69) is 46.7 Å². The first-order chi connectivity index (χ1) is 12.5. The lowest BCUT2D eigenvalue weighted by atomic mass is 10.2. The summed E-state index contributed by atoms with van der Waals surface area (Å²) < 4.78 is 28.5. The van der Waals surface area contributed by atoms with Crippen LogP contribution in [0.3, 0.4) is 0 Å². The number of thiocarbonyl (C=S) groups is 1. The SMILES string of the molecule is C[NH+](CCCNC(=S)Nc1ccc(OC(F)F)cc1)Cc1ccccc1. The van der Waals surface area contributed by atoms with Gasteiger partial charge in [-0.1, -0.05) is 30.3 Å². The molecule has 4 nitrogen and oxygen atoms in total. The van der Waals surface area contributed by atoms with Crippen molar-refractivity contribution in [2.24, 2.45) is 0 Å². The summed E-state index contributed by atoms with van der Waals surface area (Å²) in [7, 11) is 2.17. The van der Waals surface area contributed by atoms with Gasteiger partial charge in [0.1, 0.15) is 12.3 Å². The van der Waals surface area contributed by atoms with Gasteiger partial charge in [-0.2, -0.15) is 8.78 Å². The molecule has 0 spiro atoms. The van der Waals surface area contributed by atoms with Crippen molar-refractivity contribution in [2.75, 3.05) is 25.5 Å². The van der Waals surface area contributed by atoms with Crippen LogP contribution < -0.4 is 20.3 Å². The zero-order chi connectivity index (χ0) is 18.8. The molecule has 0 amide bonds. The smallest absolute Gasteiger partial charge is 0.387 e. The molecule has 2 rings (SSSR count). The van der Waals surface area contributed by atoms with Crippen LogP contribution in [0.25, 0.3) is 0 Å². The van der Waals surface area contributed by atoms with E-state index < -0.39 is 6.61 Å². The van der Waals surface area contributed by atoms with Gasteiger partial charge in [-0.3, -0.25) is 0 Å².